The fourth-order valence-corrected chi connectivity index (χ4v) is 2.48. The maximum atomic E-state index is 11.7. The third-order valence-corrected chi connectivity index (χ3v) is 4.35. The van der Waals surface area contributed by atoms with Gasteiger partial charge in [-0.1, -0.05) is 13.8 Å². The normalized spacial score (nSPS) is 12.2. The Bertz CT molecular complexity index is 412. The largest absolute Gasteiger partial charge is 0.481 e. The van der Waals surface area contributed by atoms with E-state index in [-0.39, 0.29) is 24.6 Å². The Morgan fingerprint density at radius 2 is 1.74 bits per heavy atom. The third-order valence-electron chi connectivity index (χ3n) is 3.32. The number of nitrogens with one attached hydrogen (secondary N) is 1. The average molecular weight is 293 g/mol. The van der Waals surface area contributed by atoms with Gasteiger partial charge in [-0.15, -0.1) is 0 Å². The van der Waals surface area contributed by atoms with Crippen LogP contribution in [0.3, 0.4) is 0 Å². The average Bonchev–Trinajstić information content (AvgIpc) is 2.30. The fraction of sp³-hybridized carbons (Fsp3) is 0.833. The van der Waals surface area contributed by atoms with Crippen molar-refractivity contribution in [2.45, 2.75) is 39.5 Å². The molecule has 0 atom stereocenters. The van der Waals surface area contributed by atoms with Crippen LogP contribution in [0.5, 0.6) is 0 Å². The first-order valence-electron chi connectivity index (χ1n) is 6.34. The van der Waals surface area contributed by atoms with Gasteiger partial charge in [-0.05, 0) is 19.3 Å². The number of amides is 1. The Kier molecular flexibility index (Phi) is 7.04. The summed E-state index contributed by atoms with van der Waals surface area (Å²) in [6, 6.07) is 0. The van der Waals surface area contributed by atoms with Crippen LogP contribution in [0.1, 0.15) is 39.5 Å². The van der Waals surface area contributed by atoms with E-state index in [9.17, 15) is 23.1 Å². The molecule has 0 radical (unpaired) electrons. The second-order valence-electron chi connectivity index (χ2n) is 4.80. The minimum Gasteiger partial charge on any atom is -0.481 e. The van der Waals surface area contributed by atoms with Gasteiger partial charge in [0.05, 0.1) is 11.2 Å². The van der Waals surface area contributed by atoms with Crippen molar-refractivity contribution < 1.29 is 23.1 Å². The molecule has 0 aromatic heterocycles. The standard InChI is InChI=1S/C12H23NO5S/c1-4-12(5-2,11(15)16)9-10(14)13-7-6-8-19(3,17)18/h4-9H2,1-3H3,(H,13,14)(H,15,16). The highest BCUT2D eigenvalue weighted by Gasteiger charge is 2.36. The van der Waals surface area contributed by atoms with Crippen molar-refractivity contribution in [3.05, 3.63) is 0 Å². The molecule has 0 saturated carbocycles. The van der Waals surface area contributed by atoms with Crippen molar-refractivity contribution in [2.24, 2.45) is 5.41 Å². The monoisotopic (exact) mass is 293 g/mol. The van der Waals surface area contributed by atoms with E-state index >= 15 is 0 Å². The molecule has 0 heterocycles. The summed E-state index contributed by atoms with van der Waals surface area (Å²) in [5.74, 6) is -1.30. The predicted octanol–water partition coefficient (Wildman–Crippen LogP) is 0.818. The zero-order valence-corrected chi connectivity index (χ0v) is 12.5. The van der Waals surface area contributed by atoms with E-state index in [2.05, 4.69) is 5.32 Å². The second kappa shape index (κ2) is 7.47. The molecule has 0 fully saturated rings. The second-order valence-corrected chi connectivity index (χ2v) is 7.06. The smallest absolute Gasteiger partial charge is 0.310 e. The lowest BCUT2D eigenvalue weighted by Gasteiger charge is -2.25. The molecule has 0 saturated heterocycles. The third kappa shape index (κ3) is 6.56. The van der Waals surface area contributed by atoms with Gasteiger partial charge in [0, 0.05) is 19.2 Å². The minimum absolute atomic E-state index is 0.0128. The van der Waals surface area contributed by atoms with Gasteiger partial charge in [0.1, 0.15) is 9.84 Å². The van der Waals surface area contributed by atoms with Crippen LogP contribution in [0, 0.1) is 5.41 Å². The van der Waals surface area contributed by atoms with Crippen LogP contribution in [-0.4, -0.2) is 44.0 Å². The van der Waals surface area contributed by atoms with Crippen molar-refractivity contribution in [3.63, 3.8) is 0 Å². The lowest BCUT2D eigenvalue weighted by molar-refractivity contribution is -0.152. The Labute approximate surface area is 114 Å². The molecule has 7 heteroatoms. The van der Waals surface area contributed by atoms with Crippen LogP contribution >= 0.6 is 0 Å². The number of carbonyl (C=O) groups is 2. The molecule has 0 unspecified atom stereocenters. The van der Waals surface area contributed by atoms with Crippen LogP contribution in [0.25, 0.3) is 0 Å². The van der Waals surface area contributed by atoms with Crippen LogP contribution in [0.4, 0.5) is 0 Å². The zero-order chi connectivity index (χ0) is 15.1. The van der Waals surface area contributed by atoms with Crippen LogP contribution < -0.4 is 5.32 Å². The molecule has 0 aromatic rings. The van der Waals surface area contributed by atoms with E-state index in [1.807, 2.05) is 0 Å². The van der Waals surface area contributed by atoms with E-state index in [0.717, 1.165) is 6.26 Å². The molecular weight excluding hydrogens is 270 g/mol. The number of carbonyl (C=O) groups excluding carboxylic acids is 1. The molecular formula is C12H23NO5S. The molecule has 2 N–H and O–H groups in total. The summed E-state index contributed by atoms with van der Waals surface area (Å²) < 4.78 is 21.8. The number of sulfone groups is 1. The van der Waals surface area contributed by atoms with E-state index in [1.54, 1.807) is 13.8 Å². The zero-order valence-electron chi connectivity index (χ0n) is 11.7. The Balaban J connectivity index is 4.26. The quantitative estimate of drug-likeness (QED) is 0.613. The van der Waals surface area contributed by atoms with Crippen molar-refractivity contribution >= 4 is 21.7 Å². The van der Waals surface area contributed by atoms with E-state index in [1.165, 1.54) is 0 Å². The highest BCUT2D eigenvalue weighted by atomic mass is 32.2. The highest BCUT2D eigenvalue weighted by molar-refractivity contribution is 7.90. The number of hydrogen-bond donors (Lipinski definition) is 2. The molecule has 0 bridgehead atoms. The van der Waals surface area contributed by atoms with Gasteiger partial charge in [-0.2, -0.15) is 0 Å². The fourth-order valence-electron chi connectivity index (χ4n) is 1.81. The van der Waals surface area contributed by atoms with Gasteiger partial charge in [0.2, 0.25) is 5.91 Å². The summed E-state index contributed by atoms with van der Waals surface area (Å²) in [4.78, 5) is 22.9. The molecule has 19 heavy (non-hydrogen) atoms. The molecule has 0 aliphatic heterocycles. The van der Waals surface area contributed by atoms with Gasteiger partial charge in [-0.25, -0.2) is 8.42 Å². The lowest BCUT2D eigenvalue weighted by atomic mass is 9.79. The summed E-state index contributed by atoms with van der Waals surface area (Å²) in [5.41, 5.74) is -1.03. The summed E-state index contributed by atoms with van der Waals surface area (Å²) in [6.07, 6.45) is 2.17. The van der Waals surface area contributed by atoms with Gasteiger partial charge < -0.3 is 10.4 Å². The molecule has 112 valence electrons. The maximum absolute atomic E-state index is 11.7. The minimum atomic E-state index is -3.03. The van der Waals surface area contributed by atoms with Crippen molar-refractivity contribution in [2.75, 3.05) is 18.6 Å². The first-order valence-corrected chi connectivity index (χ1v) is 8.40. The molecule has 1 amide bonds. The number of carboxylic acids is 1. The van der Waals surface area contributed by atoms with Gasteiger partial charge >= 0.3 is 5.97 Å². The van der Waals surface area contributed by atoms with E-state index in [0.29, 0.717) is 19.3 Å². The van der Waals surface area contributed by atoms with Gasteiger partial charge in [-0.3, -0.25) is 9.59 Å². The molecule has 6 nitrogen and oxygen atoms in total. The van der Waals surface area contributed by atoms with E-state index < -0.39 is 21.2 Å². The Morgan fingerprint density at radius 1 is 1.21 bits per heavy atom. The number of rotatable bonds is 9. The van der Waals surface area contributed by atoms with Gasteiger partial charge in [0.15, 0.2) is 0 Å². The van der Waals surface area contributed by atoms with E-state index in [4.69, 9.17) is 0 Å². The van der Waals surface area contributed by atoms with Crippen molar-refractivity contribution in [1.29, 1.82) is 0 Å². The maximum Gasteiger partial charge on any atom is 0.310 e. The predicted molar refractivity (Wildman–Crippen MR) is 72.6 cm³/mol. The molecule has 0 aliphatic rings. The van der Waals surface area contributed by atoms with Crippen LogP contribution in [-0.2, 0) is 19.4 Å². The molecule has 0 rings (SSSR count). The number of hydrogen-bond acceptors (Lipinski definition) is 4. The lowest BCUT2D eigenvalue weighted by Crippen LogP contribution is -2.37. The number of carboxylic acid groups (broad SMARTS) is 1. The number of aliphatic carboxylic acids is 1. The summed E-state index contributed by atoms with van der Waals surface area (Å²) >= 11 is 0. The highest BCUT2D eigenvalue weighted by Crippen LogP contribution is 2.30. The Morgan fingerprint density at radius 3 is 2.11 bits per heavy atom. The first kappa shape index (κ1) is 17.9. The summed E-state index contributed by atoms with van der Waals surface area (Å²) in [7, 11) is -3.03. The first-order chi connectivity index (χ1) is 8.67. The van der Waals surface area contributed by atoms with Crippen LogP contribution in [0.2, 0.25) is 0 Å². The molecule has 0 spiro atoms. The molecule has 0 aliphatic carbocycles. The van der Waals surface area contributed by atoms with Crippen LogP contribution in [0.15, 0.2) is 0 Å². The topological polar surface area (TPSA) is 101 Å². The Hall–Kier alpha value is -1.11. The van der Waals surface area contributed by atoms with Crippen molar-refractivity contribution in [1.82, 2.24) is 5.32 Å². The molecule has 0 aromatic carbocycles. The van der Waals surface area contributed by atoms with Gasteiger partial charge in [0.25, 0.3) is 0 Å². The SMILES string of the molecule is CCC(CC)(CC(=O)NCCCS(C)(=O)=O)C(=O)O. The van der Waals surface area contributed by atoms with Crippen molar-refractivity contribution in [3.8, 4) is 0 Å². The summed E-state index contributed by atoms with van der Waals surface area (Å²) in [6.45, 7) is 3.73. The summed E-state index contributed by atoms with van der Waals surface area (Å²) in [5, 5.41) is 11.8.